The fourth-order valence-corrected chi connectivity index (χ4v) is 4.77. The average Bonchev–Trinajstić information content (AvgIpc) is 3.28. The number of aryl methyl sites for hydroxylation is 2. The number of hydrogen-bond donors (Lipinski definition) is 2. The van der Waals surface area contributed by atoms with Crippen LogP contribution in [0.1, 0.15) is 46.2 Å². The van der Waals surface area contributed by atoms with Crippen molar-refractivity contribution in [1.29, 1.82) is 5.26 Å². The maximum atomic E-state index is 13.2. The first-order valence-corrected chi connectivity index (χ1v) is 12.7. The highest BCUT2D eigenvalue weighted by Gasteiger charge is 2.17. The van der Waals surface area contributed by atoms with E-state index in [1.807, 2.05) is 55.5 Å². The molecule has 4 aromatic carbocycles. The van der Waals surface area contributed by atoms with Gasteiger partial charge in [-0.15, -0.1) is 0 Å². The molecule has 0 spiro atoms. The molecule has 0 fully saturated rings. The number of anilines is 2. The number of hydrogen-bond acceptors (Lipinski definition) is 4. The Morgan fingerprint density at radius 3 is 2.50 bits per heavy atom. The summed E-state index contributed by atoms with van der Waals surface area (Å²) < 4.78 is 2.21. The van der Waals surface area contributed by atoms with Crippen molar-refractivity contribution >= 4 is 28.3 Å². The summed E-state index contributed by atoms with van der Waals surface area (Å²) in [5.41, 5.74) is 14.2. The Labute approximate surface area is 222 Å². The van der Waals surface area contributed by atoms with Crippen molar-refractivity contribution in [2.24, 2.45) is 0 Å². The van der Waals surface area contributed by atoms with Crippen molar-refractivity contribution in [1.82, 2.24) is 9.55 Å². The smallest absolute Gasteiger partial charge is 0.255 e. The first-order valence-electron chi connectivity index (χ1n) is 12.7. The number of nitriles is 1. The molecule has 0 unspecified atom stereocenters. The van der Waals surface area contributed by atoms with Gasteiger partial charge in [0, 0.05) is 18.5 Å². The quantitative estimate of drug-likeness (QED) is 0.243. The molecule has 6 nitrogen and oxygen atoms in total. The number of carbonyl (C=O) groups excluding carboxylic acids is 1. The molecule has 3 N–H and O–H groups in total. The molecule has 0 aliphatic rings. The minimum Gasteiger partial charge on any atom is -0.397 e. The van der Waals surface area contributed by atoms with Crippen LogP contribution < -0.4 is 11.1 Å². The van der Waals surface area contributed by atoms with E-state index in [0.29, 0.717) is 29.0 Å². The molecule has 0 aliphatic carbocycles. The van der Waals surface area contributed by atoms with Crippen LogP contribution in [0.4, 0.5) is 11.4 Å². The predicted molar refractivity (Wildman–Crippen MR) is 153 cm³/mol. The number of para-hydroxylation sites is 2. The van der Waals surface area contributed by atoms with Gasteiger partial charge in [-0.2, -0.15) is 5.26 Å². The number of fused-ring (bicyclic) bond motifs is 1. The lowest BCUT2D eigenvalue weighted by Crippen LogP contribution is -2.13. The number of nitrogens with one attached hydrogen (secondary N) is 1. The topological polar surface area (TPSA) is 96.7 Å². The highest BCUT2D eigenvalue weighted by Crippen LogP contribution is 2.27. The highest BCUT2D eigenvalue weighted by atomic mass is 16.1. The second kappa shape index (κ2) is 10.6. The fraction of sp³-hybridized carbons (Fsp3) is 0.156. The summed E-state index contributed by atoms with van der Waals surface area (Å²) in [4.78, 5) is 18.1. The molecule has 5 aromatic rings. The zero-order valence-corrected chi connectivity index (χ0v) is 21.5. The van der Waals surface area contributed by atoms with Gasteiger partial charge in [0.25, 0.3) is 5.91 Å². The minimum absolute atomic E-state index is 0.210. The largest absolute Gasteiger partial charge is 0.397 e. The zero-order valence-electron chi connectivity index (χ0n) is 21.5. The summed E-state index contributed by atoms with van der Waals surface area (Å²) in [7, 11) is 0. The summed E-state index contributed by atoms with van der Waals surface area (Å²) in [5, 5.41) is 12.4. The third-order valence-corrected chi connectivity index (χ3v) is 6.72. The van der Waals surface area contributed by atoms with Crippen LogP contribution in [0.25, 0.3) is 22.2 Å². The van der Waals surface area contributed by atoms with Crippen LogP contribution in [0.3, 0.4) is 0 Å². The first-order chi connectivity index (χ1) is 18.5. The van der Waals surface area contributed by atoms with E-state index in [-0.39, 0.29) is 5.91 Å². The number of nitrogens with two attached hydrogens (primary N) is 1. The molecule has 0 aliphatic heterocycles. The molecule has 188 valence electrons. The minimum atomic E-state index is -0.210. The van der Waals surface area contributed by atoms with Crippen molar-refractivity contribution in [3.63, 3.8) is 0 Å². The van der Waals surface area contributed by atoms with Gasteiger partial charge in [-0.1, -0.05) is 61.5 Å². The van der Waals surface area contributed by atoms with Crippen LogP contribution in [0.15, 0.2) is 84.9 Å². The summed E-state index contributed by atoms with van der Waals surface area (Å²) in [6, 6.07) is 29.2. The lowest BCUT2D eigenvalue weighted by molar-refractivity contribution is 0.102. The number of benzene rings is 4. The van der Waals surface area contributed by atoms with Gasteiger partial charge in [0.1, 0.15) is 5.82 Å². The second-order valence-electron chi connectivity index (χ2n) is 9.42. The lowest BCUT2D eigenvalue weighted by Gasteiger charge is -2.12. The van der Waals surface area contributed by atoms with Crippen LogP contribution in [0, 0.1) is 18.3 Å². The molecule has 1 heterocycles. The third-order valence-electron chi connectivity index (χ3n) is 6.72. The molecular formula is C32H29N5O. The zero-order chi connectivity index (χ0) is 26.6. The Morgan fingerprint density at radius 1 is 1.03 bits per heavy atom. The highest BCUT2D eigenvalue weighted by molar-refractivity contribution is 6.07. The summed E-state index contributed by atoms with van der Waals surface area (Å²) >= 11 is 0. The van der Waals surface area contributed by atoms with E-state index >= 15 is 0 Å². The van der Waals surface area contributed by atoms with E-state index in [2.05, 4.69) is 47.1 Å². The maximum absolute atomic E-state index is 13.2. The van der Waals surface area contributed by atoms with Crippen molar-refractivity contribution < 1.29 is 4.79 Å². The summed E-state index contributed by atoms with van der Waals surface area (Å²) in [6.07, 6.45) is 1.80. The van der Waals surface area contributed by atoms with Crippen LogP contribution >= 0.6 is 0 Å². The van der Waals surface area contributed by atoms with Gasteiger partial charge in [-0.25, -0.2) is 4.98 Å². The Balaban J connectivity index is 1.50. The van der Waals surface area contributed by atoms with Crippen molar-refractivity contribution in [3.8, 4) is 17.2 Å². The van der Waals surface area contributed by atoms with Gasteiger partial charge in [0.2, 0.25) is 0 Å². The van der Waals surface area contributed by atoms with Crippen LogP contribution in [0.2, 0.25) is 0 Å². The van der Waals surface area contributed by atoms with Crippen LogP contribution in [-0.2, 0) is 13.0 Å². The number of amides is 1. The van der Waals surface area contributed by atoms with Gasteiger partial charge < -0.3 is 15.6 Å². The Hall–Kier alpha value is -4.89. The first kappa shape index (κ1) is 24.8. The van der Waals surface area contributed by atoms with Gasteiger partial charge in [-0.05, 0) is 65.9 Å². The molecule has 38 heavy (non-hydrogen) atoms. The van der Waals surface area contributed by atoms with Gasteiger partial charge in [-0.3, -0.25) is 4.79 Å². The molecular weight excluding hydrogens is 470 g/mol. The second-order valence-corrected chi connectivity index (χ2v) is 9.42. The molecule has 6 heteroatoms. The predicted octanol–water partition coefficient (Wildman–Crippen LogP) is 6.72. The summed E-state index contributed by atoms with van der Waals surface area (Å²) in [5.74, 6) is 0.785. The number of carbonyl (C=O) groups is 1. The molecule has 0 atom stereocenters. The van der Waals surface area contributed by atoms with Crippen LogP contribution in [0.5, 0.6) is 0 Å². The van der Waals surface area contributed by atoms with E-state index in [1.165, 1.54) is 0 Å². The average molecular weight is 500 g/mol. The van der Waals surface area contributed by atoms with Crippen LogP contribution in [-0.4, -0.2) is 15.5 Å². The third kappa shape index (κ3) is 4.87. The molecule has 1 amide bonds. The number of rotatable bonds is 7. The van der Waals surface area contributed by atoms with Gasteiger partial charge >= 0.3 is 0 Å². The SMILES string of the molecule is CCCc1nc2c(C)cc(C(=O)Nc3ccccc3N)cc2n1Cc1ccc(-c2ccccc2C#N)cc1. The van der Waals surface area contributed by atoms with Gasteiger partial charge in [0.15, 0.2) is 0 Å². The van der Waals surface area contributed by atoms with E-state index in [4.69, 9.17) is 10.7 Å². The van der Waals surface area contributed by atoms with E-state index in [0.717, 1.165) is 52.0 Å². The normalized spacial score (nSPS) is 10.9. The molecule has 0 bridgehead atoms. The number of imidazole rings is 1. The van der Waals surface area contributed by atoms with Gasteiger partial charge in [0.05, 0.1) is 34.0 Å². The number of nitrogen functional groups attached to an aromatic ring is 1. The Morgan fingerprint density at radius 2 is 1.76 bits per heavy atom. The number of nitrogens with zero attached hydrogens (tertiary/aromatic N) is 3. The lowest BCUT2D eigenvalue weighted by atomic mass is 9.99. The summed E-state index contributed by atoms with van der Waals surface area (Å²) in [6.45, 7) is 4.76. The van der Waals surface area contributed by atoms with E-state index < -0.39 is 0 Å². The van der Waals surface area contributed by atoms with Crippen molar-refractivity contribution in [3.05, 3.63) is 113 Å². The van der Waals surface area contributed by atoms with Crippen molar-refractivity contribution in [2.75, 3.05) is 11.1 Å². The van der Waals surface area contributed by atoms with Crippen molar-refractivity contribution in [2.45, 2.75) is 33.2 Å². The molecule has 0 radical (unpaired) electrons. The fourth-order valence-electron chi connectivity index (χ4n) is 4.77. The number of aromatic nitrogens is 2. The molecule has 0 saturated carbocycles. The standard InChI is InChI=1S/C32H29N5O/c1-3-8-30-36-31-21(2)17-25(32(38)35-28-12-7-6-11-27(28)34)18-29(31)37(30)20-22-13-15-23(16-14-22)26-10-5-4-9-24(26)19-33/h4-7,9-18H,3,8,20,34H2,1-2H3,(H,35,38). The van der Waals surface area contributed by atoms with E-state index in [9.17, 15) is 10.1 Å². The monoisotopic (exact) mass is 499 g/mol. The van der Waals surface area contributed by atoms with E-state index in [1.54, 1.807) is 12.1 Å². The Kier molecular flexibility index (Phi) is 6.92. The molecule has 0 saturated heterocycles. The Bertz CT molecular complexity index is 1680. The molecule has 1 aromatic heterocycles. The maximum Gasteiger partial charge on any atom is 0.255 e. The molecule has 5 rings (SSSR count).